The molecular weight excluding hydrogens is 719 g/mol. The topological polar surface area (TPSA) is 56.0 Å². The molecule has 4 aliphatic rings. The first-order chi connectivity index (χ1) is 29.2. The van der Waals surface area contributed by atoms with Gasteiger partial charge in [0.25, 0.3) is 0 Å². The minimum atomic E-state index is 0.228. The van der Waals surface area contributed by atoms with Crippen LogP contribution in [0.2, 0.25) is 0 Å². The first-order valence-corrected chi connectivity index (χ1v) is 20.2. The van der Waals surface area contributed by atoms with Crippen LogP contribution in [0.4, 0.5) is 0 Å². The van der Waals surface area contributed by atoms with Crippen molar-refractivity contribution in [1.82, 2.24) is 24.3 Å². The van der Waals surface area contributed by atoms with E-state index < -0.39 is 0 Å². The van der Waals surface area contributed by atoms with Crippen LogP contribution in [-0.4, -0.2) is 24.3 Å². The molecule has 2 atom stereocenters. The van der Waals surface area contributed by atoms with Gasteiger partial charge in [0.2, 0.25) is 0 Å². The van der Waals surface area contributed by atoms with Crippen LogP contribution < -0.4 is 0 Å². The standard InChI is InChI=1S/C54H33N5/c1-2-7-33(8-3-1)47-31-59-30-27-45-50(54(59)58-47)44-10-4-5-11-46(44)57-51(45)37-14-12-32(13-15-37)38-21-16-34-19-24-42-39(22-17-35-18-23-41(38)48(34)49(35)42)40-26-29-56-53-43(40)25-20-36-9-6-28-55-52(36)53/h1-31,48-49H. The molecule has 4 aromatic carbocycles. The summed E-state index contributed by atoms with van der Waals surface area (Å²) in [4.78, 5) is 20.0. The summed E-state index contributed by atoms with van der Waals surface area (Å²) in [6, 6.07) is 40.6. The molecule has 59 heavy (non-hydrogen) atoms. The maximum absolute atomic E-state index is 5.28. The smallest absolute Gasteiger partial charge is 0.146 e. The molecule has 13 rings (SSSR count). The Labute approximate surface area is 339 Å². The summed E-state index contributed by atoms with van der Waals surface area (Å²) in [6.07, 6.45) is 26.7. The number of hydrogen-bond acceptors (Lipinski definition) is 4. The minimum Gasteiger partial charge on any atom is -0.306 e. The average molecular weight is 752 g/mol. The zero-order chi connectivity index (χ0) is 38.6. The van der Waals surface area contributed by atoms with Gasteiger partial charge in [0.15, 0.2) is 0 Å². The molecule has 0 bridgehead atoms. The van der Waals surface area contributed by atoms with Crippen molar-refractivity contribution in [3.05, 3.63) is 222 Å². The van der Waals surface area contributed by atoms with Gasteiger partial charge in [0.05, 0.1) is 27.9 Å². The monoisotopic (exact) mass is 751 g/mol. The Bertz CT molecular complexity index is 3540. The highest BCUT2D eigenvalue weighted by Gasteiger charge is 2.40. The molecular formula is C54H33N5. The normalized spacial score (nSPS) is 18.0. The number of allylic oxidation sites excluding steroid dienone is 14. The molecule has 5 aromatic heterocycles. The number of hydrogen-bond donors (Lipinski definition) is 0. The van der Waals surface area contributed by atoms with Crippen LogP contribution in [0, 0.1) is 11.8 Å². The van der Waals surface area contributed by atoms with E-state index in [0.29, 0.717) is 0 Å². The first kappa shape index (κ1) is 32.3. The molecule has 4 aliphatic carbocycles. The second-order valence-electron chi connectivity index (χ2n) is 15.8. The van der Waals surface area contributed by atoms with E-state index >= 15 is 0 Å². The molecule has 5 heterocycles. The van der Waals surface area contributed by atoms with Gasteiger partial charge < -0.3 is 4.40 Å². The second-order valence-corrected chi connectivity index (χ2v) is 15.8. The fourth-order valence-electron chi connectivity index (χ4n) is 10.0. The molecule has 9 aromatic rings. The predicted octanol–water partition coefficient (Wildman–Crippen LogP) is 12.5. The van der Waals surface area contributed by atoms with E-state index in [-0.39, 0.29) is 11.8 Å². The molecule has 274 valence electrons. The molecule has 2 unspecified atom stereocenters. The minimum absolute atomic E-state index is 0.228. The van der Waals surface area contributed by atoms with E-state index in [4.69, 9.17) is 19.9 Å². The molecule has 0 spiro atoms. The first-order valence-electron chi connectivity index (χ1n) is 20.2. The SMILES string of the molecule is C1=CC2=C(c3ccc(-c4nc5ccccc5c5c4ccn4cc(-c6ccccc6)nc54)cc3)C=CC3=CC=C4C(c5ccnc6c5ccc5cccnc56)=CC=C1C4C32. The van der Waals surface area contributed by atoms with Crippen molar-refractivity contribution >= 4 is 60.3 Å². The summed E-state index contributed by atoms with van der Waals surface area (Å²) < 4.78 is 2.14. The van der Waals surface area contributed by atoms with Gasteiger partial charge in [-0.2, -0.15) is 0 Å². The molecule has 0 amide bonds. The number of aromatic nitrogens is 5. The van der Waals surface area contributed by atoms with Crippen LogP contribution in [0.1, 0.15) is 11.1 Å². The molecule has 5 nitrogen and oxygen atoms in total. The zero-order valence-electron chi connectivity index (χ0n) is 31.8. The Morgan fingerprint density at radius 2 is 1.34 bits per heavy atom. The molecule has 0 saturated carbocycles. The Balaban J connectivity index is 0.895. The summed E-state index contributed by atoms with van der Waals surface area (Å²) >= 11 is 0. The number of imidazole rings is 1. The van der Waals surface area contributed by atoms with Crippen molar-refractivity contribution in [2.75, 3.05) is 0 Å². The van der Waals surface area contributed by atoms with E-state index in [1.54, 1.807) is 0 Å². The largest absolute Gasteiger partial charge is 0.306 e. The lowest BCUT2D eigenvalue weighted by molar-refractivity contribution is 0.569. The summed E-state index contributed by atoms with van der Waals surface area (Å²) in [5.74, 6) is 0.458. The number of nitrogens with zero attached hydrogens (tertiary/aromatic N) is 5. The molecule has 0 saturated heterocycles. The average Bonchev–Trinajstić information content (AvgIpc) is 3.75. The quantitative estimate of drug-likeness (QED) is 0.168. The van der Waals surface area contributed by atoms with E-state index in [9.17, 15) is 0 Å². The third-order valence-electron chi connectivity index (χ3n) is 12.7. The highest BCUT2D eigenvalue weighted by Crippen LogP contribution is 2.54. The van der Waals surface area contributed by atoms with E-state index in [1.807, 2.05) is 24.5 Å². The maximum atomic E-state index is 5.28. The highest BCUT2D eigenvalue weighted by molar-refractivity contribution is 6.17. The van der Waals surface area contributed by atoms with Gasteiger partial charge in [-0.25, -0.2) is 9.97 Å². The Hall–Kier alpha value is -7.76. The van der Waals surface area contributed by atoms with Crippen molar-refractivity contribution in [3.63, 3.8) is 0 Å². The van der Waals surface area contributed by atoms with E-state index in [1.165, 1.54) is 44.6 Å². The van der Waals surface area contributed by atoms with Gasteiger partial charge in [0.1, 0.15) is 5.65 Å². The van der Waals surface area contributed by atoms with Crippen LogP contribution >= 0.6 is 0 Å². The fourth-order valence-corrected chi connectivity index (χ4v) is 10.0. The van der Waals surface area contributed by atoms with Gasteiger partial charge in [-0.15, -0.1) is 0 Å². The maximum Gasteiger partial charge on any atom is 0.146 e. The molecule has 0 aliphatic heterocycles. The van der Waals surface area contributed by atoms with E-state index in [2.05, 4.69) is 169 Å². The van der Waals surface area contributed by atoms with Crippen LogP contribution in [0.15, 0.2) is 211 Å². The molecule has 0 fully saturated rings. The third-order valence-corrected chi connectivity index (χ3v) is 12.7. The lowest BCUT2D eigenvalue weighted by atomic mass is 9.61. The highest BCUT2D eigenvalue weighted by atomic mass is 15.0. The molecule has 0 N–H and O–H groups in total. The summed E-state index contributed by atoms with van der Waals surface area (Å²) in [6.45, 7) is 0. The fraction of sp³-hybridized carbons (Fsp3) is 0.0370. The Morgan fingerprint density at radius 3 is 2.27 bits per heavy atom. The molecule has 0 radical (unpaired) electrons. The van der Waals surface area contributed by atoms with Crippen molar-refractivity contribution in [1.29, 1.82) is 0 Å². The van der Waals surface area contributed by atoms with Crippen LogP contribution in [0.5, 0.6) is 0 Å². The van der Waals surface area contributed by atoms with E-state index in [0.717, 1.165) is 71.6 Å². The number of benzene rings is 4. The number of rotatable bonds is 4. The van der Waals surface area contributed by atoms with Crippen molar-refractivity contribution in [2.24, 2.45) is 11.8 Å². The third kappa shape index (κ3) is 4.79. The van der Waals surface area contributed by atoms with Crippen LogP contribution in [0.3, 0.4) is 0 Å². The Morgan fingerprint density at radius 1 is 0.525 bits per heavy atom. The van der Waals surface area contributed by atoms with Gasteiger partial charge in [-0.3, -0.25) is 9.97 Å². The number of pyridine rings is 4. The Kier molecular flexibility index (Phi) is 6.78. The van der Waals surface area contributed by atoms with Gasteiger partial charge >= 0.3 is 0 Å². The summed E-state index contributed by atoms with van der Waals surface area (Å²) in [7, 11) is 0. The lowest BCUT2D eigenvalue weighted by Gasteiger charge is -2.42. The summed E-state index contributed by atoms with van der Waals surface area (Å²) in [5.41, 5.74) is 18.2. The second kappa shape index (κ2) is 12.4. The van der Waals surface area contributed by atoms with Crippen molar-refractivity contribution in [2.45, 2.75) is 0 Å². The van der Waals surface area contributed by atoms with Gasteiger partial charge in [0, 0.05) is 74.7 Å². The lowest BCUT2D eigenvalue weighted by Crippen LogP contribution is -2.30. The number of fused-ring (bicyclic) bond motifs is 8. The van der Waals surface area contributed by atoms with Crippen molar-refractivity contribution < 1.29 is 0 Å². The number of para-hydroxylation sites is 1. The summed E-state index contributed by atoms with van der Waals surface area (Å²) in [5, 5.41) is 5.53. The predicted molar refractivity (Wildman–Crippen MR) is 240 cm³/mol. The van der Waals surface area contributed by atoms with Gasteiger partial charge in [-0.1, -0.05) is 140 Å². The zero-order valence-corrected chi connectivity index (χ0v) is 31.8. The van der Waals surface area contributed by atoms with Crippen LogP contribution in [0.25, 0.3) is 82.8 Å². The van der Waals surface area contributed by atoms with Gasteiger partial charge in [-0.05, 0) is 68.8 Å². The van der Waals surface area contributed by atoms with Crippen molar-refractivity contribution in [3.8, 4) is 22.5 Å². The molecule has 5 heteroatoms. The van der Waals surface area contributed by atoms with Crippen LogP contribution in [-0.2, 0) is 0 Å².